The van der Waals surface area contributed by atoms with Crippen LogP contribution >= 0.6 is 0 Å². The highest BCUT2D eigenvalue weighted by Gasteiger charge is 2.58. The van der Waals surface area contributed by atoms with Crippen molar-refractivity contribution in [1.29, 1.82) is 0 Å². The summed E-state index contributed by atoms with van der Waals surface area (Å²) in [6, 6.07) is 75.6. The fourth-order valence-electron chi connectivity index (χ4n) is 15.6. The van der Waals surface area contributed by atoms with E-state index in [2.05, 4.69) is 292 Å². The van der Waals surface area contributed by atoms with E-state index in [0.29, 0.717) is 0 Å². The first-order valence-electron chi connectivity index (χ1n) is 30.6. The lowest BCUT2D eigenvalue weighted by Gasteiger charge is -2.51. The van der Waals surface area contributed by atoms with E-state index in [1.165, 1.54) is 130 Å². The Bertz CT molecular complexity index is 4010. The average molecular weight is 1070 g/mol. The van der Waals surface area contributed by atoms with E-state index in [1.54, 1.807) is 0 Å². The van der Waals surface area contributed by atoms with Crippen molar-refractivity contribution in [3.8, 4) is 33.4 Å². The topological polar surface area (TPSA) is 9.72 Å². The van der Waals surface area contributed by atoms with E-state index < -0.39 is 0 Å². The van der Waals surface area contributed by atoms with Crippen molar-refractivity contribution in [3.05, 3.63) is 222 Å². The maximum Gasteiger partial charge on any atom is 0.252 e. The Morgan fingerprint density at radius 2 is 0.902 bits per heavy atom. The van der Waals surface area contributed by atoms with E-state index in [0.717, 1.165) is 31.4 Å². The van der Waals surface area contributed by atoms with Crippen molar-refractivity contribution < 1.29 is 0 Å². The van der Waals surface area contributed by atoms with Gasteiger partial charge in [-0.3, -0.25) is 0 Å². The summed E-state index contributed by atoms with van der Waals surface area (Å²) in [5, 5.41) is 0. The molecule has 2 aliphatic carbocycles. The Kier molecular flexibility index (Phi) is 11.8. The standard InChI is InChI=1S/C78H80BN3/c1-73(2,3)56-34-37-66(60(45-56)53-29-20-15-21-30-53)81-69-50-62-61(75(7,8)41-42-76(62,9)10)49-65(69)79-64-36-33-55(52-27-18-14-19-28-52)44-68(64)80(58-32-24-31-54(43-58)51-25-16-13-17-26-51)70-47-59(48-71(81)72(70)79)82-67-38-35-57(74(4,5)6)46-63(67)77(11)39-22-23-40-78(77,82)12/h13-21,24-38,43-50H,22-23,39-42H2,1-12H3. The normalized spacial score (nSPS) is 20.1. The molecule has 1 saturated carbocycles. The van der Waals surface area contributed by atoms with Gasteiger partial charge in [0, 0.05) is 50.8 Å². The number of hydrogen-bond acceptors (Lipinski definition) is 3. The summed E-state index contributed by atoms with van der Waals surface area (Å²) in [4.78, 5) is 8.27. The zero-order valence-electron chi connectivity index (χ0n) is 50.6. The lowest BCUT2D eigenvalue weighted by Crippen LogP contribution is -2.62. The maximum atomic E-state index is 2.85. The molecule has 1 fully saturated rings. The van der Waals surface area contributed by atoms with Crippen LogP contribution in [0.25, 0.3) is 33.4 Å². The number of hydrogen-bond donors (Lipinski definition) is 0. The van der Waals surface area contributed by atoms with Gasteiger partial charge in [-0.05, 0) is 181 Å². The first kappa shape index (κ1) is 52.5. The van der Waals surface area contributed by atoms with Gasteiger partial charge in [0.05, 0.1) is 11.2 Å². The van der Waals surface area contributed by atoms with Gasteiger partial charge in [0.15, 0.2) is 0 Å². The molecule has 4 heteroatoms. The Balaban J connectivity index is 1.15. The summed E-state index contributed by atoms with van der Waals surface area (Å²) in [5.74, 6) is 0. The van der Waals surface area contributed by atoms with Crippen LogP contribution in [0.1, 0.15) is 149 Å². The highest BCUT2D eigenvalue weighted by Crippen LogP contribution is 2.63. The van der Waals surface area contributed by atoms with Crippen LogP contribution in [-0.2, 0) is 27.1 Å². The quantitative estimate of drug-likeness (QED) is 0.154. The Morgan fingerprint density at radius 3 is 1.54 bits per heavy atom. The minimum atomic E-state index is -0.189. The molecule has 0 saturated heterocycles. The van der Waals surface area contributed by atoms with E-state index in [9.17, 15) is 0 Å². The third kappa shape index (κ3) is 8.04. The molecule has 0 N–H and O–H groups in total. The van der Waals surface area contributed by atoms with Gasteiger partial charge in [-0.2, -0.15) is 0 Å². The number of fused-ring (bicyclic) bond motifs is 8. The molecule has 82 heavy (non-hydrogen) atoms. The Hall–Kier alpha value is -7.56. The van der Waals surface area contributed by atoms with Crippen molar-refractivity contribution >= 4 is 68.6 Å². The van der Waals surface area contributed by atoms with Crippen molar-refractivity contribution in [2.75, 3.05) is 14.7 Å². The zero-order chi connectivity index (χ0) is 56.9. The molecule has 3 nitrogen and oxygen atoms in total. The first-order chi connectivity index (χ1) is 39.1. The van der Waals surface area contributed by atoms with Gasteiger partial charge in [0.25, 0.3) is 6.71 Å². The second-order valence-corrected chi connectivity index (χ2v) is 28.8. The smallest absolute Gasteiger partial charge is 0.252 e. The third-order valence-electron chi connectivity index (χ3n) is 20.8. The molecular weight excluding hydrogens is 990 g/mol. The summed E-state index contributed by atoms with van der Waals surface area (Å²) < 4.78 is 0. The molecule has 5 aliphatic rings. The molecule has 2 unspecified atom stereocenters. The van der Waals surface area contributed by atoms with Gasteiger partial charge >= 0.3 is 0 Å². The molecule has 0 aromatic heterocycles. The van der Waals surface area contributed by atoms with Gasteiger partial charge in [-0.1, -0.05) is 229 Å². The third-order valence-corrected chi connectivity index (χ3v) is 20.8. The fourth-order valence-corrected chi connectivity index (χ4v) is 15.6. The molecule has 0 amide bonds. The molecule has 3 aliphatic heterocycles. The predicted molar refractivity (Wildman–Crippen MR) is 352 cm³/mol. The molecule has 2 atom stereocenters. The van der Waals surface area contributed by atoms with Gasteiger partial charge in [-0.15, -0.1) is 0 Å². The fraction of sp³-hybridized carbons (Fsp3) is 0.308. The van der Waals surface area contributed by atoms with Gasteiger partial charge in [-0.25, -0.2) is 0 Å². The molecule has 3 heterocycles. The highest BCUT2D eigenvalue weighted by atomic mass is 15.3. The highest BCUT2D eigenvalue weighted by molar-refractivity contribution is 7.00. The number of nitrogens with zero attached hydrogens (tertiary/aromatic N) is 3. The largest absolute Gasteiger partial charge is 0.334 e. The minimum absolute atomic E-state index is 0.00208. The molecule has 0 bridgehead atoms. The molecule has 410 valence electrons. The van der Waals surface area contributed by atoms with Crippen LogP contribution in [0.15, 0.2) is 194 Å². The molecule has 0 radical (unpaired) electrons. The monoisotopic (exact) mass is 1070 g/mol. The predicted octanol–water partition coefficient (Wildman–Crippen LogP) is 19.5. The average Bonchev–Trinajstić information content (AvgIpc) is 2.01. The molecule has 9 aromatic carbocycles. The van der Waals surface area contributed by atoms with Gasteiger partial charge in [0.2, 0.25) is 0 Å². The van der Waals surface area contributed by atoms with Gasteiger partial charge in [0.1, 0.15) is 0 Å². The van der Waals surface area contributed by atoms with E-state index in [4.69, 9.17) is 0 Å². The minimum Gasteiger partial charge on any atom is -0.334 e. The van der Waals surface area contributed by atoms with E-state index >= 15 is 0 Å². The Morgan fingerprint density at radius 1 is 0.366 bits per heavy atom. The SMILES string of the molecule is CC(C)(C)c1ccc(N2c3cc4c(cc3B3c5ccc(-c6ccccc6)cc5N(c5cccc(-c6ccccc6)c5)c5cc(N6c7ccc(C(C)(C)C)cc7C7(C)CCCCC67C)cc2c53)C(C)(C)CCC4(C)C)c(-c2ccccc2)c1. The number of benzene rings is 9. The van der Waals surface area contributed by atoms with Crippen LogP contribution in [-0.4, -0.2) is 12.3 Å². The van der Waals surface area contributed by atoms with Crippen molar-refractivity contribution in [2.45, 2.75) is 154 Å². The molecule has 14 rings (SSSR count). The van der Waals surface area contributed by atoms with Crippen molar-refractivity contribution in [2.24, 2.45) is 0 Å². The summed E-state index contributed by atoms with van der Waals surface area (Å²) in [7, 11) is 0. The summed E-state index contributed by atoms with van der Waals surface area (Å²) in [5.41, 5.74) is 28.2. The van der Waals surface area contributed by atoms with E-state index in [-0.39, 0.29) is 39.3 Å². The van der Waals surface area contributed by atoms with Crippen LogP contribution in [0.5, 0.6) is 0 Å². The molecular formula is C78H80BN3. The molecule has 0 spiro atoms. The maximum absolute atomic E-state index is 2.85. The van der Waals surface area contributed by atoms with Crippen LogP contribution < -0.4 is 31.1 Å². The first-order valence-corrected chi connectivity index (χ1v) is 30.6. The van der Waals surface area contributed by atoms with Crippen LogP contribution in [0, 0.1) is 0 Å². The van der Waals surface area contributed by atoms with Crippen LogP contribution in [0.3, 0.4) is 0 Å². The van der Waals surface area contributed by atoms with Gasteiger partial charge < -0.3 is 14.7 Å². The lowest BCUT2D eigenvalue weighted by atomic mass is 9.33. The summed E-state index contributed by atoms with van der Waals surface area (Å²) in [6.07, 6.45) is 6.99. The zero-order valence-corrected chi connectivity index (χ0v) is 50.6. The second-order valence-electron chi connectivity index (χ2n) is 28.8. The number of anilines is 8. The van der Waals surface area contributed by atoms with Crippen molar-refractivity contribution in [3.63, 3.8) is 0 Å². The molecule has 9 aromatic rings. The summed E-state index contributed by atoms with van der Waals surface area (Å²) >= 11 is 0. The van der Waals surface area contributed by atoms with Crippen molar-refractivity contribution in [1.82, 2.24) is 0 Å². The van der Waals surface area contributed by atoms with Crippen LogP contribution in [0.4, 0.5) is 45.5 Å². The van der Waals surface area contributed by atoms with Crippen LogP contribution in [0.2, 0.25) is 0 Å². The summed E-state index contributed by atoms with van der Waals surface area (Å²) in [6.45, 7) is 29.3. The lowest BCUT2D eigenvalue weighted by molar-refractivity contribution is 0.195. The second kappa shape index (κ2) is 18.5. The van der Waals surface area contributed by atoms with E-state index in [1.807, 2.05) is 0 Å². The number of rotatable bonds is 6. The Labute approximate surface area is 490 Å².